The molecule has 0 bridgehead atoms. The second kappa shape index (κ2) is 15.9. The Bertz CT molecular complexity index is 1090. The first-order chi connectivity index (χ1) is 19.0. The lowest BCUT2D eigenvalue weighted by atomic mass is 10.0. The van der Waals surface area contributed by atoms with Gasteiger partial charge >= 0.3 is 0 Å². The first-order valence-corrected chi connectivity index (χ1v) is 14.4. The molecule has 0 saturated heterocycles. The molecular formula is C32H46N6O. The van der Waals surface area contributed by atoms with Crippen molar-refractivity contribution in [3.63, 3.8) is 0 Å². The summed E-state index contributed by atoms with van der Waals surface area (Å²) in [7, 11) is 0. The third kappa shape index (κ3) is 8.53. The van der Waals surface area contributed by atoms with Crippen LogP contribution in [0.1, 0.15) is 51.7 Å². The fourth-order valence-corrected chi connectivity index (χ4v) is 4.76. The van der Waals surface area contributed by atoms with Crippen LogP contribution in [0, 0.1) is 10.8 Å². The molecule has 7 heteroatoms. The van der Waals surface area contributed by atoms with Crippen LogP contribution >= 0.6 is 0 Å². The second-order valence-corrected chi connectivity index (χ2v) is 9.62. The van der Waals surface area contributed by atoms with Gasteiger partial charge in [-0.2, -0.15) is 0 Å². The molecule has 0 saturated carbocycles. The Balaban J connectivity index is 1.69. The molecule has 0 atom stereocenters. The molecular weight excluding hydrogens is 484 g/mol. The number of benzene rings is 2. The van der Waals surface area contributed by atoms with Crippen molar-refractivity contribution in [1.29, 1.82) is 10.8 Å². The number of amidine groups is 2. The highest BCUT2D eigenvalue weighted by molar-refractivity contribution is 6.03. The zero-order valence-electron chi connectivity index (χ0n) is 24.1. The summed E-state index contributed by atoms with van der Waals surface area (Å²) in [6.07, 6.45) is 1.98. The zero-order valence-corrected chi connectivity index (χ0v) is 24.1. The van der Waals surface area contributed by atoms with Crippen molar-refractivity contribution in [2.75, 3.05) is 52.4 Å². The molecule has 1 heterocycles. The first kappa shape index (κ1) is 30.1. The van der Waals surface area contributed by atoms with Gasteiger partial charge in [-0.3, -0.25) is 10.8 Å². The van der Waals surface area contributed by atoms with Gasteiger partial charge in [-0.25, -0.2) is 0 Å². The van der Waals surface area contributed by atoms with Crippen LogP contribution < -0.4 is 10.6 Å². The van der Waals surface area contributed by atoms with E-state index in [1.165, 1.54) is 0 Å². The smallest absolute Gasteiger partial charge is 0.135 e. The summed E-state index contributed by atoms with van der Waals surface area (Å²) in [4.78, 5) is 4.78. The lowest BCUT2D eigenvalue weighted by Gasteiger charge is -2.18. The molecule has 0 radical (unpaired) electrons. The minimum atomic E-state index is 0.402. The van der Waals surface area contributed by atoms with Gasteiger partial charge in [0.1, 0.15) is 23.2 Å². The summed E-state index contributed by atoms with van der Waals surface area (Å²) in [5.41, 5.74) is 3.40. The highest BCUT2D eigenvalue weighted by atomic mass is 16.3. The van der Waals surface area contributed by atoms with Crippen LogP contribution in [0.4, 0.5) is 0 Å². The topological polar surface area (TPSA) is 91.4 Å². The van der Waals surface area contributed by atoms with Gasteiger partial charge in [0.05, 0.1) is 0 Å². The third-order valence-corrected chi connectivity index (χ3v) is 7.22. The summed E-state index contributed by atoms with van der Waals surface area (Å²) in [5, 5.41) is 23.9. The summed E-state index contributed by atoms with van der Waals surface area (Å²) in [6, 6.07) is 19.7. The minimum absolute atomic E-state index is 0.402. The second-order valence-electron chi connectivity index (χ2n) is 9.62. The SMILES string of the molecule is CCN(CC)CCCNC(=N)c1ccccc1-c1ccc(-c2ccccc2C(=N)NCCCN(CC)CC)o1. The van der Waals surface area contributed by atoms with Crippen molar-refractivity contribution >= 4 is 11.7 Å². The predicted octanol–water partition coefficient (Wildman–Crippen LogP) is 5.91. The standard InChI is InChI=1S/C32H46N6O/c1-5-37(6-2)23-13-21-35-31(33)27-17-11-9-15-25(27)29-19-20-30(39-29)26-16-10-12-18-28(26)32(34)36-22-14-24-38(7-3)8-4/h9-12,15-20H,5-8,13-14,21-24H2,1-4H3,(H2,33,35)(H2,34,36). The fraction of sp³-hybridized carbons (Fsp3) is 0.438. The third-order valence-electron chi connectivity index (χ3n) is 7.22. The number of furan rings is 1. The van der Waals surface area contributed by atoms with Gasteiger partial charge in [-0.15, -0.1) is 0 Å². The average molecular weight is 531 g/mol. The summed E-state index contributed by atoms with van der Waals surface area (Å²) >= 11 is 0. The molecule has 7 nitrogen and oxygen atoms in total. The zero-order chi connectivity index (χ0) is 28.0. The minimum Gasteiger partial charge on any atom is -0.456 e. The van der Waals surface area contributed by atoms with Gasteiger partial charge < -0.3 is 24.9 Å². The first-order valence-electron chi connectivity index (χ1n) is 14.4. The molecule has 0 amide bonds. The molecule has 0 unspecified atom stereocenters. The largest absolute Gasteiger partial charge is 0.456 e. The van der Waals surface area contributed by atoms with Gasteiger partial charge in [0.25, 0.3) is 0 Å². The molecule has 0 fully saturated rings. The van der Waals surface area contributed by atoms with Gasteiger partial charge in [0.2, 0.25) is 0 Å². The molecule has 3 aromatic rings. The van der Waals surface area contributed by atoms with E-state index in [4.69, 9.17) is 15.2 Å². The molecule has 4 N–H and O–H groups in total. The van der Waals surface area contributed by atoms with Crippen molar-refractivity contribution in [2.45, 2.75) is 40.5 Å². The van der Waals surface area contributed by atoms with Gasteiger partial charge in [-0.1, -0.05) is 76.2 Å². The lowest BCUT2D eigenvalue weighted by molar-refractivity contribution is 0.300. The van der Waals surface area contributed by atoms with Crippen molar-refractivity contribution in [3.05, 3.63) is 71.8 Å². The Kier molecular flexibility index (Phi) is 12.3. The normalized spacial score (nSPS) is 11.2. The molecule has 3 rings (SSSR count). The van der Waals surface area contributed by atoms with Crippen LogP contribution in [0.5, 0.6) is 0 Å². The van der Waals surface area contributed by atoms with Gasteiger partial charge in [-0.05, 0) is 64.2 Å². The Morgan fingerprint density at radius 2 is 1.00 bits per heavy atom. The molecule has 1 aromatic heterocycles. The number of nitrogens with one attached hydrogen (secondary N) is 4. The summed E-state index contributed by atoms with van der Waals surface area (Å²) in [5.74, 6) is 2.23. The molecule has 39 heavy (non-hydrogen) atoms. The predicted molar refractivity (Wildman–Crippen MR) is 164 cm³/mol. The lowest BCUT2D eigenvalue weighted by Crippen LogP contribution is -2.30. The highest BCUT2D eigenvalue weighted by Gasteiger charge is 2.16. The molecule has 2 aromatic carbocycles. The number of hydrogen-bond acceptors (Lipinski definition) is 5. The van der Waals surface area contributed by atoms with Gasteiger partial charge in [0.15, 0.2) is 0 Å². The fourth-order valence-electron chi connectivity index (χ4n) is 4.76. The summed E-state index contributed by atoms with van der Waals surface area (Å²) in [6.45, 7) is 16.5. The molecule has 210 valence electrons. The molecule has 0 spiro atoms. The van der Waals surface area contributed by atoms with E-state index in [0.29, 0.717) is 23.2 Å². The Hall–Kier alpha value is -3.42. The Morgan fingerprint density at radius 3 is 1.38 bits per heavy atom. The van der Waals surface area contributed by atoms with Crippen molar-refractivity contribution < 1.29 is 4.42 Å². The van der Waals surface area contributed by atoms with Gasteiger partial charge in [0, 0.05) is 35.3 Å². The molecule has 0 aliphatic rings. The van der Waals surface area contributed by atoms with E-state index in [1.54, 1.807) is 0 Å². The van der Waals surface area contributed by atoms with E-state index in [0.717, 1.165) is 87.5 Å². The highest BCUT2D eigenvalue weighted by Crippen LogP contribution is 2.32. The van der Waals surface area contributed by atoms with E-state index < -0.39 is 0 Å². The van der Waals surface area contributed by atoms with Crippen LogP contribution in [0.25, 0.3) is 22.6 Å². The van der Waals surface area contributed by atoms with E-state index >= 15 is 0 Å². The van der Waals surface area contributed by atoms with Crippen molar-refractivity contribution in [2.24, 2.45) is 0 Å². The molecule has 0 aliphatic carbocycles. The van der Waals surface area contributed by atoms with Crippen LogP contribution in [-0.2, 0) is 0 Å². The van der Waals surface area contributed by atoms with E-state index in [1.807, 2.05) is 60.7 Å². The van der Waals surface area contributed by atoms with Crippen LogP contribution in [0.2, 0.25) is 0 Å². The van der Waals surface area contributed by atoms with E-state index in [-0.39, 0.29) is 0 Å². The average Bonchev–Trinajstić information content (AvgIpc) is 3.47. The Morgan fingerprint density at radius 1 is 0.615 bits per heavy atom. The van der Waals surface area contributed by atoms with Crippen LogP contribution in [0.3, 0.4) is 0 Å². The number of hydrogen-bond donors (Lipinski definition) is 4. The quantitative estimate of drug-likeness (QED) is 0.105. The van der Waals surface area contributed by atoms with Crippen molar-refractivity contribution in [1.82, 2.24) is 20.4 Å². The number of nitrogens with zero attached hydrogens (tertiary/aromatic N) is 2. The monoisotopic (exact) mass is 530 g/mol. The summed E-state index contributed by atoms with van der Waals surface area (Å²) < 4.78 is 6.35. The maximum atomic E-state index is 8.68. The van der Waals surface area contributed by atoms with E-state index in [2.05, 4.69) is 48.1 Å². The van der Waals surface area contributed by atoms with Crippen LogP contribution in [0.15, 0.2) is 65.1 Å². The van der Waals surface area contributed by atoms with E-state index in [9.17, 15) is 0 Å². The maximum absolute atomic E-state index is 8.68. The number of rotatable bonds is 16. The van der Waals surface area contributed by atoms with Crippen LogP contribution in [-0.4, -0.2) is 73.8 Å². The Labute approximate surface area is 234 Å². The van der Waals surface area contributed by atoms with Crippen molar-refractivity contribution in [3.8, 4) is 22.6 Å². The molecule has 0 aliphatic heterocycles. The maximum Gasteiger partial charge on any atom is 0.135 e.